The molecule has 0 atom stereocenters. The number of nitrogens with zero attached hydrogens (tertiary/aromatic N) is 4. The van der Waals surface area contributed by atoms with Crippen LogP contribution in [0.25, 0.3) is 6.08 Å². The van der Waals surface area contributed by atoms with Crippen molar-refractivity contribution in [2.24, 2.45) is 11.7 Å². The molecule has 2 heterocycles. The Morgan fingerprint density at radius 2 is 1.79 bits per heavy atom. The molecule has 2 saturated heterocycles. The molecule has 33 heavy (non-hydrogen) atoms. The Morgan fingerprint density at radius 3 is 2.33 bits per heavy atom. The lowest BCUT2D eigenvalue weighted by atomic mass is 9.85. The Labute approximate surface area is 197 Å². The third kappa shape index (κ3) is 5.55. The standard InChI is InChI=1S/C25H37N5O3/c1-19(2)11-15-30-24(33)29(18-22(26)31)23(32)25(30)12-16-28(17-13-25)14-5-6-20-7-9-21(10-8-20)27(3)4/h5-10,19H,11-18H2,1-4H3,(H2,26,31)/b6-5+. The van der Waals surface area contributed by atoms with Crippen molar-refractivity contribution in [1.82, 2.24) is 14.7 Å². The fourth-order valence-corrected chi connectivity index (χ4v) is 4.59. The van der Waals surface area contributed by atoms with E-state index in [2.05, 4.69) is 60.1 Å². The second-order valence-electron chi connectivity index (χ2n) is 9.69. The molecule has 0 aromatic heterocycles. The number of hydrogen-bond donors (Lipinski definition) is 1. The van der Waals surface area contributed by atoms with Gasteiger partial charge in [0.1, 0.15) is 12.1 Å². The van der Waals surface area contributed by atoms with Crippen LogP contribution in [0.5, 0.6) is 0 Å². The van der Waals surface area contributed by atoms with Crippen LogP contribution in [0.2, 0.25) is 0 Å². The Morgan fingerprint density at radius 1 is 1.15 bits per heavy atom. The van der Waals surface area contributed by atoms with Crippen LogP contribution in [-0.2, 0) is 9.59 Å². The van der Waals surface area contributed by atoms with Crippen molar-refractivity contribution in [3.63, 3.8) is 0 Å². The van der Waals surface area contributed by atoms with Gasteiger partial charge in [-0.05, 0) is 42.9 Å². The lowest BCUT2D eigenvalue weighted by Crippen LogP contribution is -2.57. The summed E-state index contributed by atoms with van der Waals surface area (Å²) in [5, 5.41) is 0. The van der Waals surface area contributed by atoms with Gasteiger partial charge in [0, 0.05) is 46.0 Å². The molecule has 0 radical (unpaired) electrons. The monoisotopic (exact) mass is 455 g/mol. The van der Waals surface area contributed by atoms with E-state index in [1.54, 1.807) is 4.90 Å². The molecule has 2 aliphatic heterocycles. The van der Waals surface area contributed by atoms with Gasteiger partial charge >= 0.3 is 6.03 Å². The molecule has 2 N–H and O–H groups in total. The van der Waals surface area contributed by atoms with Crippen LogP contribution >= 0.6 is 0 Å². The number of nitrogens with two attached hydrogens (primary N) is 1. The number of rotatable bonds is 9. The van der Waals surface area contributed by atoms with Gasteiger partial charge in [-0.25, -0.2) is 4.79 Å². The Kier molecular flexibility index (Phi) is 7.79. The van der Waals surface area contributed by atoms with E-state index in [1.165, 1.54) is 0 Å². The number of amides is 4. The average Bonchev–Trinajstić information content (AvgIpc) is 2.95. The van der Waals surface area contributed by atoms with Gasteiger partial charge in [-0.1, -0.05) is 38.1 Å². The molecule has 0 saturated carbocycles. The topological polar surface area (TPSA) is 90.2 Å². The van der Waals surface area contributed by atoms with Crippen molar-refractivity contribution >= 4 is 29.6 Å². The van der Waals surface area contributed by atoms with Crippen molar-refractivity contribution in [2.45, 2.75) is 38.6 Å². The molecule has 2 aliphatic rings. The van der Waals surface area contributed by atoms with Gasteiger partial charge < -0.3 is 15.5 Å². The number of imide groups is 1. The minimum atomic E-state index is -0.857. The highest BCUT2D eigenvalue weighted by atomic mass is 16.2. The first kappa shape index (κ1) is 24.8. The molecule has 180 valence electrons. The third-order valence-corrected chi connectivity index (χ3v) is 6.63. The minimum Gasteiger partial charge on any atom is -0.378 e. The Bertz CT molecular complexity index is 886. The van der Waals surface area contributed by atoms with Gasteiger partial charge in [-0.3, -0.25) is 19.4 Å². The molecule has 1 spiro atoms. The van der Waals surface area contributed by atoms with Crippen molar-refractivity contribution in [1.29, 1.82) is 0 Å². The molecule has 1 aromatic carbocycles. The summed E-state index contributed by atoms with van der Waals surface area (Å²) in [6.45, 7) is 6.57. The largest absolute Gasteiger partial charge is 0.378 e. The van der Waals surface area contributed by atoms with Crippen molar-refractivity contribution < 1.29 is 14.4 Å². The highest BCUT2D eigenvalue weighted by molar-refractivity contribution is 6.09. The van der Waals surface area contributed by atoms with Gasteiger partial charge in [0.25, 0.3) is 5.91 Å². The minimum absolute atomic E-state index is 0.272. The number of likely N-dealkylation sites (tertiary alicyclic amines) is 1. The first-order valence-corrected chi connectivity index (χ1v) is 11.7. The van der Waals surface area contributed by atoms with E-state index in [4.69, 9.17) is 5.73 Å². The second-order valence-corrected chi connectivity index (χ2v) is 9.69. The molecule has 8 nitrogen and oxygen atoms in total. The number of carbonyl (C=O) groups excluding carboxylic acids is 3. The maximum atomic E-state index is 13.3. The molecule has 8 heteroatoms. The van der Waals surface area contributed by atoms with Gasteiger partial charge in [0.15, 0.2) is 0 Å². The van der Waals surface area contributed by atoms with Crippen molar-refractivity contribution in [2.75, 3.05) is 51.7 Å². The number of primary amides is 1. The number of urea groups is 1. The zero-order valence-corrected chi connectivity index (χ0v) is 20.3. The SMILES string of the molecule is CC(C)CCN1C(=O)N(CC(N)=O)C(=O)C12CCN(C/C=C/c1ccc(N(C)C)cc1)CC2. The van der Waals surface area contributed by atoms with E-state index in [0.29, 0.717) is 38.4 Å². The van der Waals surface area contributed by atoms with Gasteiger partial charge in [-0.2, -0.15) is 0 Å². The van der Waals surface area contributed by atoms with Crippen LogP contribution in [0.3, 0.4) is 0 Å². The van der Waals surface area contributed by atoms with E-state index in [1.807, 2.05) is 14.1 Å². The number of carbonyl (C=O) groups is 3. The molecule has 0 bridgehead atoms. The second kappa shape index (κ2) is 10.4. The summed E-state index contributed by atoms with van der Waals surface area (Å²) in [5.41, 5.74) is 6.76. The summed E-state index contributed by atoms with van der Waals surface area (Å²) in [7, 11) is 4.04. The molecule has 3 rings (SSSR count). The van der Waals surface area contributed by atoms with E-state index in [-0.39, 0.29) is 18.5 Å². The fourth-order valence-electron chi connectivity index (χ4n) is 4.59. The summed E-state index contributed by atoms with van der Waals surface area (Å²) in [6.07, 6.45) is 6.19. The van der Waals surface area contributed by atoms with Gasteiger partial charge in [0.2, 0.25) is 5.91 Å². The Balaban J connectivity index is 1.64. The average molecular weight is 456 g/mol. The van der Waals surface area contributed by atoms with Crippen LogP contribution < -0.4 is 10.6 Å². The first-order chi connectivity index (χ1) is 15.6. The number of benzene rings is 1. The normalized spacial score (nSPS) is 18.8. The van der Waals surface area contributed by atoms with Crippen molar-refractivity contribution in [3.8, 4) is 0 Å². The van der Waals surface area contributed by atoms with E-state index < -0.39 is 11.4 Å². The zero-order chi connectivity index (χ0) is 24.2. The van der Waals surface area contributed by atoms with Crippen LogP contribution in [0.1, 0.15) is 38.7 Å². The van der Waals surface area contributed by atoms with E-state index in [0.717, 1.165) is 29.1 Å². The summed E-state index contributed by atoms with van der Waals surface area (Å²) in [5.74, 6) is -0.530. The molecular weight excluding hydrogens is 418 g/mol. The first-order valence-electron chi connectivity index (χ1n) is 11.7. The molecule has 0 aliphatic carbocycles. The maximum Gasteiger partial charge on any atom is 0.328 e. The molecule has 0 unspecified atom stereocenters. The summed E-state index contributed by atoms with van der Waals surface area (Å²) in [4.78, 5) is 44.9. The van der Waals surface area contributed by atoms with Crippen LogP contribution in [0.4, 0.5) is 10.5 Å². The number of hydrogen-bond acceptors (Lipinski definition) is 5. The third-order valence-electron chi connectivity index (χ3n) is 6.63. The van der Waals surface area contributed by atoms with E-state index >= 15 is 0 Å². The lowest BCUT2D eigenvalue weighted by molar-refractivity contribution is -0.137. The van der Waals surface area contributed by atoms with Gasteiger partial charge in [0.05, 0.1) is 0 Å². The quantitative estimate of drug-likeness (QED) is 0.578. The smallest absolute Gasteiger partial charge is 0.328 e. The lowest BCUT2D eigenvalue weighted by Gasteiger charge is -2.42. The van der Waals surface area contributed by atoms with Crippen LogP contribution in [-0.4, -0.2) is 84.9 Å². The predicted molar refractivity (Wildman–Crippen MR) is 131 cm³/mol. The van der Waals surface area contributed by atoms with E-state index in [9.17, 15) is 14.4 Å². The summed E-state index contributed by atoms with van der Waals surface area (Å²) >= 11 is 0. The predicted octanol–water partition coefficient (Wildman–Crippen LogP) is 2.40. The number of piperidine rings is 1. The highest BCUT2D eigenvalue weighted by Crippen LogP contribution is 2.37. The highest BCUT2D eigenvalue weighted by Gasteiger charge is 2.57. The van der Waals surface area contributed by atoms with Gasteiger partial charge in [-0.15, -0.1) is 0 Å². The molecule has 1 aromatic rings. The molecular formula is C25H37N5O3. The molecule has 4 amide bonds. The molecule has 2 fully saturated rings. The zero-order valence-electron chi connectivity index (χ0n) is 20.3. The van der Waals surface area contributed by atoms with Crippen LogP contribution in [0.15, 0.2) is 30.3 Å². The van der Waals surface area contributed by atoms with Crippen LogP contribution in [0, 0.1) is 5.92 Å². The number of anilines is 1. The summed E-state index contributed by atoms with van der Waals surface area (Å²) < 4.78 is 0. The summed E-state index contributed by atoms with van der Waals surface area (Å²) in [6, 6.07) is 8.00. The maximum absolute atomic E-state index is 13.3. The fraction of sp³-hybridized carbons (Fsp3) is 0.560. The van der Waals surface area contributed by atoms with Crippen molar-refractivity contribution in [3.05, 3.63) is 35.9 Å². The Hall–Kier alpha value is -2.87.